The first-order valence-corrected chi connectivity index (χ1v) is 6.15. The van der Waals surface area contributed by atoms with Gasteiger partial charge in [-0.3, -0.25) is 10.1 Å². The van der Waals surface area contributed by atoms with Crippen LogP contribution in [0, 0.1) is 21.4 Å². The van der Waals surface area contributed by atoms with Gasteiger partial charge in [0.15, 0.2) is 0 Å². The second-order valence-electron chi connectivity index (χ2n) is 4.22. The van der Waals surface area contributed by atoms with Gasteiger partial charge in [0.05, 0.1) is 23.7 Å². The molecule has 0 fully saturated rings. The van der Waals surface area contributed by atoms with E-state index >= 15 is 0 Å². The lowest BCUT2D eigenvalue weighted by Crippen LogP contribution is -1.91. The van der Waals surface area contributed by atoms with Crippen LogP contribution in [0.1, 0.15) is 11.1 Å². The number of allylic oxidation sites excluding steroid dienone is 1. The number of methoxy groups -OCH3 is 1. The normalized spacial score (nSPS) is 10.8. The average Bonchev–Trinajstić information content (AvgIpc) is 2.52. The minimum Gasteiger partial charge on any atom is -0.496 e. The lowest BCUT2D eigenvalue weighted by Gasteiger charge is -2.06. The smallest absolute Gasteiger partial charge is 0.270 e. The molecule has 5 nitrogen and oxygen atoms in total. The minimum atomic E-state index is -0.466. The quantitative estimate of drug-likeness (QED) is 0.370. The SMILES string of the molecule is COc1ccccc1C(C#N)=Cc1cccc([N+](=O)[O-])c1. The second-order valence-corrected chi connectivity index (χ2v) is 4.22. The summed E-state index contributed by atoms with van der Waals surface area (Å²) in [5.74, 6) is 0.579. The Morgan fingerprint density at radius 2 is 2.05 bits per heavy atom. The summed E-state index contributed by atoms with van der Waals surface area (Å²) >= 11 is 0. The summed E-state index contributed by atoms with van der Waals surface area (Å²) in [4.78, 5) is 10.3. The highest BCUT2D eigenvalue weighted by atomic mass is 16.6. The van der Waals surface area contributed by atoms with E-state index in [4.69, 9.17) is 4.74 Å². The Morgan fingerprint density at radius 3 is 2.71 bits per heavy atom. The number of rotatable bonds is 4. The van der Waals surface area contributed by atoms with Gasteiger partial charge < -0.3 is 4.74 Å². The maximum Gasteiger partial charge on any atom is 0.270 e. The molecule has 0 unspecified atom stereocenters. The Labute approximate surface area is 121 Å². The van der Waals surface area contributed by atoms with Crippen LogP contribution in [-0.4, -0.2) is 12.0 Å². The maximum atomic E-state index is 10.8. The van der Waals surface area contributed by atoms with Crippen molar-refractivity contribution < 1.29 is 9.66 Å². The Hall–Kier alpha value is -3.13. The van der Waals surface area contributed by atoms with Crippen molar-refractivity contribution in [1.29, 1.82) is 5.26 Å². The fraction of sp³-hybridized carbons (Fsp3) is 0.0625. The van der Waals surface area contributed by atoms with E-state index in [-0.39, 0.29) is 5.69 Å². The minimum absolute atomic E-state index is 0.0129. The molecule has 5 heteroatoms. The van der Waals surface area contributed by atoms with Crippen LogP contribution in [0.25, 0.3) is 11.6 Å². The van der Waals surface area contributed by atoms with E-state index in [2.05, 4.69) is 6.07 Å². The second kappa shape index (κ2) is 6.35. The van der Waals surface area contributed by atoms with Gasteiger partial charge in [-0.15, -0.1) is 0 Å². The molecule has 0 bridgehead atoms. The molecule has 2 aromatic rings. The summed E-state index contributed by atoms with van der Waals surface area (Å²) in [7, 11) is 1.53. The molecule has 0 aliphatic rings. The summed E-state index contributed by atoms with van der Waals surface area (Å²) < 4.78 is 5.23. The number of nitro groups is 1. The lowest BCUT2D eigenvalue weighted by molar-refractivity contribution is -0.384. The predicted molar refractivity (Wildman–Crippen MR) is 79.6 cm³/mol. The van der Waals surface area contributed by atoms with Crippen LogP contribution in [0.5, 0.6) is 5.75 Å². The number of nitriles is 1. The molecule has 0 saturated heterocycles. The van der Waals surface area contributed by atoms with Gasteiger partial charge in [-0.05, 0) is 23.8 Å². The zero-order valence-corrected chi connectivity index (χ0v) is 11.3. The number of para-hydroxylation sites is 1. The van der Waals surface area contributed by atoms with Crippen molar-refractivity contribution >= 4 is 17.3 Å². The summed E-state index contributed by atoms with van der Waals surface area (Å²) in [5, 5.41) is 20.1. The van der Waals surface area contributed by atoms with Crippen molar-refractivity contribution in [3.8, 4) is 11.8 Å². The molecular weight excluding hydrogens is 268 g/mol. The highest BCUT2D eigenvalue weighted by Gasteiger charge is 2.09. The summed E-state index contributed by atoms with van der Waals surface area (Å²) in [6.45, 7) is 0. The fourth-order valence-corrected chi connectivity index (χ4v) is 1.93. The maximum absolute atomic E-state index is 10.8. The standard InChI is InChI=1S/C16H12N2O3/c1-21-16-8-3-2-7-15(16)13(11-17)9-12-5-4-6-14(10-12)18(19)20/h2-10H,1H3. The molecule has 0 saturated carbocycles. The molecule has 21 heavy (non-hydrogen) atoms. The first-order valence-electron chi connectivity index (χ1n) is 6.15. The summed E-state index contributed by atoms with van der Waals surface area (Å²) in [6.07, 6.45) is 1.60. The molecule has 2 rings (SSSR count). The van der Waals surface area contributed by atoms with Crippen LogP contribution in [0.4, 0.5) is 5.69 Å². The zero-order valence-electron chi connectivity index (χ0n) is 11.3. The monoisotopic (exact) mass is 280 g/mol. The van der Waals surface area contributed by atoms with Gasteiger partial charge in [0.2, 0.25) is 0 Å². The molecule has 2 aromatic carbocycles. The van der Waals surface area contributed by atoms with E-state index in [0.29, 0.717) is 22.4 Å². The summed E-state index contributed by atoms with van der Waals surface area (Å²) in [5.41, 5.74) is 1.61. The van der Waals surface area contributed by atoms with Crippen molar-refractivity contribution in [3.05, 3.63) is 69.8 Å². The molecular formula is C16H12N2O3. The number of benzene rings is 2. The van der Waals surface area contributed by atoms with Crippen molar-refractivity contribution in [2.24, 2.45) is 0 Å². The van der Waals surface area contributed by atoms with Crippen LogP contribution in [0.3, 0.4) is 0 Å². The number of non-ortho nitro benzene ring substituents is 1. The van der Waals surface area contributed by atoms with Gasteiger partial charge in [0, 0.05) is 17.7 Å². The molecule has 0 radical (unpaired) electrons. The Kier molecular flexibility index (Phi) is 4.32. The first-order chi connectivity index (χ1) is 10.2. The van der Waals surface area contributed by atoms with Crippen molar-refractivity contribution in [2.75, 3.05) is 7.11 Å². The molecule has 0 aliphatic carbocycles. The van der Waals surface area contributed by atoms with Crippen LogP contribution < -0.4 is 4.74 Å². The number of nitrogens with zero attached hydrogens (tertiary/aromatic N) is 2. The van der Waals surface area contributed by atoms with Gasteiger partial charge in [0.1, 0.15) is 5.75 Å². The van der Waals surface area contributed by atoms with E-state index < -0.39 is 4.92 Å². The highest BCUT2D eigenvalue weighted by Crippen LogP contribution is 2.27. The first kappa shape index (κ1) is 14.3. The van der Waals surface area contributed by atoms with E-state index in [1.807, 2.05) is 6.07 Å². The van der Waals surface area contributed by atoms with Gasteiger partial charge >= 0.3 is 0 Å². The van der Waals surface area contributed by atoms with Gasteiger partial charge in [-0.25, -0.2) is 0 Å². The Morgan fingerprint density at radius 1 is 1.29 bits per heavy atom. The zero-order chi connectivity index (χ0) is 15.2. The number of hydrogen-bond acceptors (Lipinski definition) is 4. The molecule has 0 aromatic heterocycles. The molecule has 0 spiro atoms. The van der Waals surface area contributed by atoms with Gasteiger partial charge in [-0.1, -0.05) is 24.3 Å². The van der Waals surface area contributed by atoms with Crippen molar-refractivity contribution in [2.45, 2.75) is 0 Å². The van der Waals surface area contributed by atoms with Crippen molar-refractivity contribution in [3.63, 3.8) is 0 Å². The molecule has 0 N–H and O–H groups in total. The van der Waals surface area contributed by atoms with E-state index in [1.54, 1.807) is 36.4 Å². The Balaban J connectivity index is 2.49. The fourth-order valence-electron chi connectivity index (χ4n) is 1.93. The van der Waals surface area contributed by atoms with Crippen LogP contribution in [0.15, 0.2) is 48.5 Å². The third-order valence-corrected chi connectivity index (χ3v) is 2.91. The van der Waals surface area contributed by atoms with Crippen LogP contribution >= 0.6 is 0 Å². The molecule has 0 aliphatic heterocycles. The summed E-state index contributed by atoms with van der Waals surface area (Å²) in [6, 6.07) is 15.4. The molecule has 0 atom stereocenters. The Bertz CT molecular complexity index is 745. The number of nitro benzene ring substituents is 1. The molecule has 0 amide bonds. The molecule has 104 valence electrons. The largest absolute Gasteiger partial charge is 0.496 e. The third-order valence-electron chi connectivity index (χ3n) is 2.91. The average molecular weight is 280 g/mol. The third kappa shape index (κ3) is 3.25. The highest BCUT2D eigenvalue weighted by molar-refractivity contribution is 5.91. The lowest BCUT2D eigenvalue weighted by atomic mass is 10.0. The van der Waals surface area contributed by atoms with Gasteiger partial charge in [-0.2, -0.15) is 5.26 Å². The van der Waals surface area contributed by atoms with E-state index in [0.717, 1.165) is 0 Å². The predicted octanol–water partition coefficient (Wildman–Crippen LogP) is 3.67. The molecule has 0 heterocycles. The topological polar surface area (TPSA) is 76.2 Å². The number of ether oxygens (including phenoxy) is 1. The van der Waals surface area contributed by atoms with E-state index in [9.17, 15) is 15.4 Å². The van der Waals surface area contributed by atoms with E-state index in [1.165, 1.54) is 19.2 Å². The number of hydrogen-bond donors (Lipinski definition) is 0. The van der Waals surface area contributed by atoms with Gasteiger partial charge in [0.25, 0.3) is 5.69 Å². The van der Waals surface area contributed by atoms with Crippen molar-refractivity contribution in [1.82, 2.24) is 0 Å². The van der Waals surface area contributed by atoms with Crippen LogP contribution in [0.2, 0.25) is 0 Å². The van der Waals surface area contributed by atoms with Crippen LogP contribution in [-0.2, 0) is 0 Å².